The topological polar surface area (TPSA) is 81.7 Å². The number of hydrogen-bond donors (Lipinski definition) is 3. The minimum absolute atomic E-state index is 0.205. The number of benzene rings is 1. The SMILES string of the molecule is C[C@@H](Nc1ccc(F)cc1C(=O)O)C1=CC(F)=CN2C(=O)C=C(C3=CCCCC3)NC12. The molecule has 0 bridgehead atoms. The molecule has 1 aliphatic carbocycles. The number of carbonyl (C=O) groups is 2. The highest BCUT2D eigenvalue weighted by Gasteiger charge is 2.35. The lowest BCUT2D eigenvalue weighted by Gasteiger charge is -2.40. The van der Waals surface area contributed by atoms with Crippen LogP contribution in [0.25, 0.3) is 0 Å². The first-order valence-corrected chi connectivity index (χ1v) is 10.2. The fourth-order valence-electron chi connectivity index (χ4n) is 4.14. The molecule has 2 aliphatic heterocycles. The molecule has 162 valence electrons. The monoisotopic (exact) mass is 427 g/mol. The van der Waals surface area contributed by atoms with Gasteiger partial charge in [0.15, 0.2) is 0 Å². The second kappa shape index (κ2) is 8.37. The van der Waals surface area contributed by atoms with Gasteiger partial charge in [-0.25, -0.2) is 13.6 Å². The fraction of sp³-hybridized carbons (Fsp3) is 0.304. The molecule has 3 N–H and O–H groups in total. The molecule has 0 spiro atoms. The Hall–Kier alpha value is -3.42. The highest BCUT2D eigenvalue weighted by atomic mass is 19.1. The maximum atomic E-state index is 14.3. The number of carboxylic acids is 1. The molecule has 0 aromatic heterocycles. The van der Waals surface area contributed by atoms with Crippen LogP contribution in [0.2, 0.25) is 0 Å². The lowest BCUT2D eigenvalue weighted by atomic mass is 9.93. The second-order valence-corrected chi connectivity index (χ2v) is 7.84. The molecular formula is C23H23F2N3O3. The van der Waals surface area contributed by atoms with Gasteiger partial charge >= 0.3 is 5.97 Å². The fourth-order valence-corrected chi connectivity index (χ4v) is 4.14. The molecule has 1 aromatic rings. The van der Waals surface area contributed by atoms with E-state index in [4.69, 9.17) is 0 Å². The van der Waals surface area contributed by atoms with Crippen molar-refractivity contribution in [1.29, 1.82) is 0 Å². The van der Waals surface area contributed by atoms with E-state index in [0.29, 0.717) is 5.57 Å². The predicted octanol–water partition coefficient (Wildman–Crippen LogP) is 4.22. The summed E-state index contributed by atoms with van der Waals surface area (Å²) in [6.45, 7) is 1.74. The molecule has 6 nitrogen and oxygen atoms in total. The number of anilines is 1. The van der Waals surface area contributed by atoms with E-state index in [1.54, 1.807) is 6.92 Å². The molecule has 31 heavy (non-hydrogen) atoms. The van der Waals surface area contributed by atoms with Gasteiger partial charge in [-0.05, 0) is 68.0 Å². The summed E-state index contributed by atoms with van der Waals surface area (Å²) in [5.41, 5.74) is 2.30. The summed E-state index contributed by atoms with van der Waals surface area (Å²) >= 11 is 0. The molecule has 2 heterocycles. The zero-order valence-electron chi connectivity index (χ0n) is 17.0. The van der Waals surface area contributed by atoms with Crippen LogP contribution in [0.4, 0.5) is 14.5 Å². The van der Waals surface area contributed by atoms with E-state index in [1.807, 2.05) is 0 Å². The molecule has 8 heteroatoms. The van der Waals surface area contributed by atoms with Gasteiger partial charge in [0.1, 0.15) is 17.8 Å². The van der Waals surface area contributed by atoms with Gasteiger partial charge in [-0.15, -0.1) is 0 Å². The third kappa shape index (κ3) is 4.23. The first kappa shape index (κ1) is 20.8. The van der Waals surface area contributed by atoms with E-state index in [2.05, 4.69) is 16.7 Å². The number of amides is 1. The number of rotatable bonds is 5. The molecule has 1 amide bonds. The molecule has 1 unspecified atom stereocenters. The van der Waals surface area contributed by atoms with Gasteiger partial charge in [0, 0.05) is 29.7 Å². The Morgan fingerprint density at radius 2 is 2.10 bits per heavy atom. The Morgan fingerprint density at radius 1 is 1.29 bits per heavy atom. The van der Waals surface area contributed by atoms with Crippen LogP contribution in [0, 0.1) is 5.82 Å². The number of nitrogens with one attached hydrogen (secondary N) is 2. The molecule has 3 aliphatic rings. The van der Waals surface area contributed by atoms with Crippen molar-refractivity contribution in [2.75, 3.05) is 5.32 Å². The largest absolute Gasteiger partial charge is 0.478 e. The maximum absolute atomic E-state index is 14.3. The molecule has 0 radical (unpaired) electrons. The highest BCUT2D eigenvalue weighted by molar-refractivity contribution is 5.94. The van der Waals surface area contributed by atoms with Gasteiger partial charge in [0.05, 0.1) is 5.56 Å². The summed E-state index contributed by atoms with van der Waals surface area (Å²) in [5, 5.41) is 15.8. The van der Waals surface area contributed by atoms with Crippen LogP contribution in [-0.2, 0) is 4.79 Å². The van der Waals surface area contributed by atoms with E-state index in [1.165, 1.54) is 23.1 Å². The number of halogens is 2. The van der Waals surface area contributed by atoms with Crippen LogP contribution >= 0.6 is 0 Å². The predicted molar refractivity (Wildman–Crippen MR) is 112 cm³/mol. The minimum atomic E-state index is -1.28. The Bertz CT molecular complexity index is 1060. The van der Waals surface area contributed by atoms with E-state index in [9.17, 15) is 23.5 Å². The molecular weight excluding hydrogens is 404 g/mol. The standard InChI is InChI=1S/C23H23F2N3O3/c1-13(26-19-8-7-15(24)9-18(19)23(30)31)17-10-16(25)12-28-21(29)11-20(27-22(17)28)14-5-3-2-4-6-14/h5,7-13,22,26-27H,2-4,6H2,1H3,(H,30,31)/t13-,22?/m1/s1. The molecule has 0 fully saturated rings. The Balaban J connectivity index is 1.63. The summed E-state index contributed by atoms with van der Waals surface area (Å²) in [7, 11) is 0. The Labute approximate surface area is 178 Å². The Morgan fingerprint density at radius 3 is 2.81 bits per heavy atom. The van der Waals surface area contributed by atoms with Crippen molar-refractivity contribution in [3.63, 3.8) is 0 Å². The van der Waals surface area contributed by atoms with Crippen LogP contribution < -0.4 is 10.6 Å². The molecule has 1 aromatic carbocycles. The van der Waals surface area contributed by atoms with E-state index >= 15 is 0 Å². The van der Waals surface area contributed by atoms with Crippen LogP contribution in [-0.4, -0.2) is 34.1 Å². The number of hydrogen-bond acceptors (Lipinski definition) is 4. The van der Waals surface area contributed by atoms with Gasteiger partial charge in [0.2, 0.25) is 0 Å². The number of carboxylic acid groups (broad SMARTS) is 1. The van der Waals surface area contributed by atoms with Crippen LogP contribution in [0.15, 0.2) is 65.3 Å². The molecule has 0 saturated heterocycles. The van der Waals surface area contributed by atoms with Gasteiger partial charge in [-0.1, -0.05) is 6.08 Å². The smallest absolute Gasteiger partial charge is 0.337 e. The summed E-state index contributed by atoms with van der Waals surface area (Å²) in [5.74, 6) is -2.85. The van der Waals surface area contributed by atoms with Crippen molar-refractivity contribution in [2.45, 2.75) is 44.8 Å². The summed E-state index contributed by atoms with van der Waals surface area (Å²) in [6, 6.07) is 2.87. The number of nitrogens with zero attached hydrogens (tertiary/aromatic N) is 1. The van der Waals surface area contributed by atoms with Crippen molar-refractivity contribution in [3.05, 3.63) is 76.7 Å². The van der Waals surface area contributed by atoms with Gasteiger partial charge in [-0.3, -0.25) is 9.69 Å². The molecule has 0 saturated carbocycles. The van der Waals surface area contributed by atoms with Crippen LogP contribution in [0.1, 0.15) is 43.0 Å². The van der Waals surface area contributed by atoms with E-state index < -0.39 is 29.8 Å². The number of fused-ring (bicyclic) bond motifs is 1. The van der Waals surface area contributed by atoms with Crippen LogP contribution in [0.5, 0.6) is 0 Å². The molecule has 4 rings (SSSR count). The van der Waals surface area contributed by atoms with Gasteiger partial charge in [0.25, 0.3) is 5.91 Å². The first-order valence-electron chi connectivity index (χ1n) is 10.2. The third-order valence-electron chi connectivity index (χ3n) is 5.70. The van der Waals surface area contributed by atoms with Crippen molar-refractivity contribution in [1.82, 2.24) is 10.2 Å². The molecule has 2 atom stereocenters. The lowest BCUT2D eigenvalue weighted by molar-refractivity contribution is -0.126. The van der Waals surface area contributed by atoms with Crippen molar-refractivity contribution in [3.8, 4) is 0 Å². The van der Waals surface area contributed by atoms with Crippen LogP contribution in [0.3, 0.4) is 0 Å². The van der Waals surface area contributed by atoms with Crippen molar-refractivity contribution < 1.29 is 23.5 Å². The number of carbonyl (C=O) groups excluding carboxylic acids is 1. The van der Waals surface area contributed by atoms with E-state index in [-0.39, 0.29) is 17.2 Å². The Kier molecular flexibility index (Phi) is 5.63. The van der Waals surface area contributed by atoms with Gasteiger partial charge in [-0.2, -0.15) is 0 Å². The zero-order chi connectivity index (χ0) is 22.1. The average molecular weight is 427 g/mol. The van der Waals surface area contributed by atoms with Gasteiger partial charge < -0.3 is 15.7 Å². The van der Waals surface area contributed by atoms with E-state index in [0.717, 1.165) is 55.3 Å². The van der Waals surface area contributed by atoms with Crippen molar-refractivity contribution >= 4 is 17.6 Å². The normalized spacial score (nSPS) is 21.7. The quantitative estimate of drug-likeness (QED) is 0.656. The first-order chi connectivity index (χ1) is 14.8. The summed E-state index contributed by atoms with van der Waals surface area (Å²) < 4.78 is 27.9. The third-order valence-corrected chi connectivity index (χ3v) is 5.70. The maximum Gasteiger partial charge on any atom is 0.337 e. The number of allylic oxidation sites excluding steroid dienone is 4. The van der Waals surface area contributed by atoms with Crippen molar-refractivity contribution in [2.24, 2.45) is 0 Å². The lowest BCUT2D eigenvalue weighted by Crippen LogP contribution is -2.53. The average Bonchev–Trinajstić information content (AvgIpc) is 2.75. The highest BCUT2D eigenvalue weighted by Crippen LogP contribution is 2.32. The minimum Gasteiger partial charge on any atom is -0.478 e. The summed E-state index contributed by atoms with van der Waals surface area (Å²) in [6.07, 6.45) is 9.46. The zero-order valence-corrected chi connectivity index (χ0v) is 17.0. The summed E-state index contributed by atoms with van der Waals surface area (Å²) in [4.78, 5) is 25.5. The number of aromatic carboxylic acids is 1. The second-order valence-electron chi connectivity index (χ2n) is 7.84.